The van der Waals surface area contributed by atoms with Gasteiger partial charge in [-0.2, -0.15) is 0 Å². The number of aliphatic hydroxyl groups is 1. The summed E-state index contributed by atoms with van der Waals surface area (Å²) in [5.74, 6) is 0.552. The van der Waals surface area contributed by atoms with Gasteiger partial charge in [0, 0.05) is 6.54 Å². The lowest BCUT2D eigenvalue weighted by Crippen LogP contribution is -2.29. The summed E-state index contributed by atoms with van der Waals surface area (Å²) in [5.41, 5.74) is 1.04. The van der Waals surface area contributed by atoms with E-state index < -0.39 is 6.10 Å². The van der Waals surface area contributed by atoms with Crippen molar-refractivity contribution < 1.29 is 9.84 Å². The second-order valence-electron chi connectivity index (χ2n) is 3.78. The Morgan fingerprint density at radius 1 is 1.44 bits per heavy atom. The molecular weight excluding hydrogens is 258 g/mol. The number of halogens is 1. The Bertz CT molecular complexity index is 552. The van der Waals surface area contributed by atoms with Crippen molar-refractivity contribution in [3.63, 3.8) is 0 Å². The summed E-state index contributed by atoms with van der Waals surface area (Å²) < 4.78 is 5.47. The number of aliphatic hydroxyl groups excluding tert-OH is 1. The Hall–Kier alpha value is -1.50. The normalized spacial score (nSPS) is 12.1. The van der Waals surface area contributed by atoms with Crippen LogP contribution in [0, 0.1) is 0 Å². The number of H-pyrrole nitrogens is 2. The second kappa shape index (κ2) is 6.44. The fraction of sp³-hybridized carbons (Fsp3) is 0.364. The Balaban J connectivity index is 0.00000162. The lowest BCUT2D eigenvalue weighted by atomic mass is 10.3. The van der Waals surface area contributed by atoms with Crippen LogP contribution >= 0.6 is 12.4 Å². The van der Waals surface area contributed by atoms with Crippen LogP contribution in [0.3, 0.4) is 0 Å². The summed E-state index contributed by atoms with van der Waals surface area (Å²) in [5, 5.41) is 12.4. The van der Waals surface area contributed by atoms with Gasteiger partial charge in [-0.3, -0.25) is 0 Å². The van der Waals surface area contributed by atoms with Crippen molar-refractivity contribution in [2.45, 2.75) is 6.10 Å². The average Bonchev–Trinajstić information content (AvgIpc) is 2.67. The summed E-state index contributed by atoms with van der Waals surface area (Å²) in [6.07, 6.45) is -0.582. The molecule has 0 aliphatic rings. The molecule has 0 aliphatic carbocycles. The quantitative estimate of drug-likeness (QED) is 0.628. The van der Waals surface area contributed by atoms with Crippen molar-refractivity contribution in [3.8, 4) is 5.75 Å². The van der Waals surface area contributed by atoms with Gasteiger partial charge >= 0.3 is 5.69 Å². The van der Waals surface area contributed by atoms with E-state index in [0.717, 1.165) is 0 Å². The van der Waals surface area contributed by atoms with Crippen molar-refractivity contribution in [2.75, 3.05) is 20.2 Å². The molecule has 2 rings (SSSR count). The molecule has 4 N–H and O–H groups in total. The van der Waals surface area contributed by atoms with Crippen LogP contribution < -0.4 is 15.7 Å². The van der Waals surface area contributed by atoms with Crippen LogP contribution in [0.15, 0.2) is 23.0 Å². The molecule has 1 aromatic carbocycles. The van der Waals surface area contributed by atoms with Crippen LogP contribution in [0.1, 0.15) is 0 Å². The van der Waals surface area contributed by atoms with Crippen molar-refractivity contribution in [1.29, 1.82) is 0 Å². The molecule has 7 heteroatoms. The van der Waals surface area contributed by atoms with E-state index in [1.807, 2.05) is 0 Å². The molecule has 18 heavy (non-hydrogen) atoms. The fourth-order valence-corrected chi connectivity index (χ4v) is 1.63. The third kappa shape index (κ3) is 3.25. The maximum absolute atomic E-state index is 11.2. The highest BCUT2D eigenvalue weighted by Gasteiger charge is 2.08. The average molecular weight is 274 g/mol. The number of para-hydroxylation sites is 1. The van der Waals surface area contributed by atoms with E-state index in [2.05, 4.69) is 15.3 Å². The van der Waals surface area contributed by atoms with Gasteiger partial charge in [0.15, 0.2) is 0 Å². The zero-order valence-electron chi connectivity index (χ0n) is 9.90. The number of likely N-dealkylation sites (N-methyl/N-ethyl adjacent to an activating group) is 1. The molecule has 1 unspecified atom stereocenters. The molecule has 0 amide bonds. The summed E-state index contributed by atoms with van der Waals surface area (Å²) in [4.78, 5) is 16.5. The molecule has 0 aliphatic heterocycles. The maximum atomic E-state index is 11.2. The molecule has 0 spiro atoms. The van der Waals surface area contributed by atoms with E-state index in [9.17, 15) is 9.90 Å². The second-order valence-corrected chi connectivity index (χ2v) is 3.78. The molecule has 1 aromatic heterocycles. The van der Waals surface area contributed by atoms with Gasteiger partial charge in [-0.05, 0) is 19.2 Å². The van der Waals surface area contributed by atoms with Gasteiger partial charge in [0.1, 0.15) is 24.0 Å². The highest BCUT2D eigenvalue weighted by molar-refractivity contribution is 5.85. The van der Waals surface area contributed by atoms with E-state index in [-0.39, 0.29) is 24.7 Å². The molecule has 2 aromatic rings. The molecular formula is C11H16ClN3O3. The summed E-state index contributed by atoms with van der Waals surface area (Å²) in [6, 6.07) is 5.31. The van der Waals surface area contributed by atoms with Crippen LogP contribution in [0.2, 0.25) is 0 Å². The van der Waals surface area contributed by atoms with Crippen molar-refractivity contribution in [1.82, 2.24) is 15.3 Å². The van der Waals surface area contributed by atoms with E-state index in [1.54, 1.807) is 25.2 Å². The van der Waals surface area contributed by atoms with Gasteiger partial charge in [0.2, 0.25) is 0 Å². The summed E-state index contributed by atoms with van der Waals surface area (Å²) in [7, 11) is 1.76. The Kier molecular flexibility index (Phi) is 5.21. The zero-order valence-corrected chi connectivity index (χ0v) is 10.7. The van der Waals surface area contributed by atoms with Crippen LogP contribution in [0.25, 0.3) is 11.0 Å². The maximum Gasteiger partial charge on any atom is 0.323 e. The van der Waals surface area contributed by atoms with E-state index in [4.69, 9.17) is 4.74 Å². The van der Waals surface area contributed by atoms with Crippen LogP contribution in [0.5, 0.6) is 5.75 Å². The largest absolute Gasteiger partial charge is 0.489 e. The van der Waals surface area contributed by atoms with E-state index in [1.165, 1.54) is 0 Å². The van der Waals surface area contributed by atoms with Gasteiger partial charge in [-0.15, -0.1) is 12.4 Å². The molecule has 0 bridgehead atoms. The first-order valence-electron chi connectivity index (χ1n) is 5.37. The van der Waals surface area contributed by atoms with Crippen molar-refractivity contribution in [3.05, 3.63) is 28.7 Å². The molecule has 0 fully saturated rings. The SMILES string of the molecule is CNCC(O)COc1cccc2[nH]c(=O)[nH]c12.Cl. The third-order valence-corrected chi connectivity index (χ3v) is 2.38. The van der Waals surface area contributed by atoms with Gasteiger partial charge in [0.25, 0.3) is 0 Å². The van der Waals surface area contributed by atoms with E-state index in [0.29, 0.717) is 23.3 Å². The van der Waals surface area contributed by atoms with Gasteiger partial charge in [0.05, 0.1) is 5.52 Å². The number of hydrogen-bond donors (Lipinski definition) is 4. The predicted octanol–water partition coefficient (Wildman–Crippen LogP) is 0.237. The molecule has 6 nitrogen and oxygen atoms in total. The standard InChI is InChI=1S/C11H15N3O3.ClH/c1-12-5-7(15)6-17-9-4-2-3-8-10(9)14-11(16)13-8;/h2-4,7,12,15H,5-6H2,1H3,(H2,13,14,16);1H. The van der Waals surface area contributed by atoms with Crippen LogP contribution in [-0.4, -0.2) is 41.4 Å². The lowest BCUT2D eigenvalue weighted by Gasteiger charge is -2.11. The minimum absolute atomic E-state index is 0. The van der Waals surface area contributed by atoms with Crippen LogP contribution in [0.4, 0.5) is 0 Å². The number of aromatic nitrogens is 2. The number of fused-ring (bicyclic) bond motifs is 1. The highest BCUT2D eigenvalue weighted by Crippen LogP contribution is 2.20. The van der Waals surface area contributed by atoms with Crippen molar-refractivity contribution in [2.24, 2.45) is 0 Å². The van der Waals surface area contributed by atoms with E-state index >= 15 is 0 Å². The first kappa shape index (κ1) is 14.6. The smallest absolute Gasteiger partial charge is 0.323 e. The minimum Gasteiger partial charge on any atom is -0.489 e. The number of hydrogen-bond acceptors (Lipinski definition) is 4. The number of imidazole rings is 1. The van der Waals surface area contributed by atoms with Gasteiger partial charge in [-0.25, -0.2) is 4.79 Å². The fourth-order valence-electron chi connectivity index (χ4n) is 1.63. The molecule has 100 valence electrons. The number of benzene rings is 1. The van der Waals surface area contributed by atoms with Crippen LogP contribution in [-0.2, 0) is 0 Å². The van der Waals surface area contributed by atoms with Crippen molar-refractivity contribution >= 4 is 23.4 Å². The summed E-state index contributed by atoms with van der Waals surface area (Å²) >= 11 is 0. The first-order valence-corrected chi connectivity index (χ1v) is 5.37. The minimum atomic E-state index is -0.582. The molecule has 0 saturated heterocycles. The summed E-state index contributed by atoms with van der Waals surface area (Å²) in [6.45, 7) is 0.632. The Labute approximate surface area is 110 Å². The zero-order chi connectivity index (χ0) is 12.3. The molecule has 1 atom stereocenters. The highest BCUT2D eigenvalue weighted by atomic mass is 35.5. The van der Waals surface area contributed by atoms with Gasteiger partial charge in [-0.1, -0.05) is 6.07 Å². The monoisotopic (exact) mass is 273 g/mol. The molecule has 0 saturated carbocycles. The number of aromatic amines is 2. The van der Waals surface area contributed by atoms with Gasteiger partial charge < -0.3 is 25.1 Å². The third-order valence-electron chi connectivity index (χ3n) is 2.38. The molecule has 1 heterocycles. The Morgan fingerprint density at radius 2 is 2.22 bits per heavy atom. The predicted molar refractivity (Wildman–Crippen MR) is 71.6 cm³/mol. The first-order chi connectivity index (χ1) is 8.20. The number of rotatable bonds is 5. The molecule has 0 radical (unpaired) electrons. The number of ether oxygens (including phenoxy) is 1. The Morgan fingerprint density at radius 3 is 2.94 bits per heavy atom. The lowest BCUT2D eigenvalue weighted by molar-refractivity contribution is 0.109. The number of nitrogens with one attached hydrogen (secondary N) is 3. The topological polar surface area (TPSA) is 90.1 Å².